The molecule has 2 heterocycles. The minimum atomic E-state index is -5.19. The molecule has 180 valence electrons. The molecule has 0 saturated carbocycles. The minimum absolute atomic E-state index is 0.383. The van der Waals surface area contributed by atoms with Gasteiger partial charge in [0.05, 0.1) is 32.0 Å². The van der Waals surface area contributed by atoms with Crippen molar-refractivity contribution in [1.29, 1.82) is 0 Å². The Balaban J connectivity index is 0.000000479. The van der Waals surface area contributed by atoms with Crippen LogP contribution in [0.4, 0.5) is 32.2 Å². The first-order chi connectivity index (χ1) is 15.3. The van der Waals surface area contributed by atoms with Crippen molar-refractivity contribution < 1.29 is 50.8 Å². The van der Waals surface area contributed by atoms with Gasteiger partial charge in [-0.2, -0.15) is 26.3 Å². The van der Waals surface area contributed by atoms with Crippen molar-refractivity contribution in [2.75, 3.05) is 25.1 Å². The molecule has 0 atom stereocenters. The molecule has 1 N–H and O–H groups in total. The zero-order valence-electron chi connectivity index (χ0n) is 17.3. The van der Waals surface area contributed by atoms with Gasteiger partial charge in [-0.3, -0.25) is 9.69 Å². The maximum Gasteiger partial charge on any atom is 0.455 e. The molecule has 0 bridgehead atoms. The van der Waals surface area contributed by atoms with E-state index in [9.17, 15) is 31.1 Å². The number of methoxy groups -OCH3 is 1. The maximum atomic E-state index is 12.5. The number of rotatable bonds is 4. The number of H-pyrrole nitrogens is 1. The topological polar surface area (TPSA) is 83.8 Å². The molecule has 1 aromatic heterocycles. The number of piperidine rings is 1. The molecular weight excluding hydrogens is 458 g/mol. The third-order valence-electron chi connectivity index (χ3n) is 4.96. The van der Waals surface area contributed by atoms with Crippen molar-refractivity contribution in [2.45, 2.75) is 31.1 Å². The first-order valence-corrected chi connectivity index (χ1v) is 9.64. The molecule has 6 nitrogen and oxygen atoms in total. The largest absolute Gasteiger partial charge is 0.542 e. The van der Waals surface area contributed by atoms with Gasteiger partial charge in [0.15, 0.2) is 0 Å². The van der Waals surface area contributed by atoms with E-state index in [0.717, 1.165) is 37.9 Å². The lowest BCUT2D eigenvalue weighted by Crippen LogP contribution is -2.37. The van der Waals surface area contributed by atoms with Crippen molar-refractivity contribution >= 4 is 17.6 Å². The number of ether oxygens (including phenoxy) is 1. The number of carbonyl (C=O) groups is 2. The molecule has 0 unspecified atom stereocenters. The molecule has 1 aliphatic heterocycles. The predicted octanol–water partition coefficient (Wildman–Crippen LogP) is 2.94. The number of aromatic amines is 1. The Kier molecular flexibility index (Phi) is 8.29. The number of Topliss-reactive ketones (excluding diaryl/α,β-unsaturated/α-hetero) is 1. The van der Waals surface area contributed by atoms with E-state index in [4.69, 9.17) is 14.6 Å². The van der Waals surface area contributed by atoms with E-state index in [-0.39, 0.29) is 5.56 Å². The van der Waals surface area contributed by atoms with Crippen LogP contribution in [0.2, 0.25) is 0 Å². The summed E-state index contributed by atoms with van der Waals surface area (Å²) in [5.41, 5.74) is 0.801. The van der Waals surface area contributed by atoms with Crippen LogP contribution in [0.5, 0.6) is 5.75 Å². The van der Waals surface area contributed by atoms with Crippen molar-refractivity contribution in [3.8, 4) is 5.75 Å². The third kappa shape index (κ3) is 7.09. The SMILES string of the molecule is COc1ccccc1C1CCN(c2ccc(C(=O)C(F)(F)F)c[nH+]2)CC1.O=C([O-])C(F)(F)F. The number of halogens is 6. The van der Waals surface area contributed by atoms with Gasteiger partial charge in [0.1, 0.15) is 11.7 Å². The monoisotopic (exact) mass is 478 g/mol. The third-order valence-corrected chi connectivity index (χ3v) is 4.96. The van der Waals surface area contributed by atoms with Gasteiger partial charge < -0.3 is 14.6 Å². The van der Waals surface area contributed by atoms with Crippen LogP contribution < -0.4 is 19.7 Å². The Hall–Kier alpha value is -3.31. The fourth-order valence-corrected chi connectivity index (χ4v) is 3.35. The van der Waals surface area contributed by atoms with Crippen LogP contribution in [0, 0.1) is 0 Å². The summed E-state index contributed by atoms with van der Waals surface area (Å²) in [5.74, 6) is -2.87. The van der Waals surface area contributed by atoms with Crippen LogP contribution in [0.3, 0.4) is 0 Å². The van der Waals surface area contributed by atoms with Crippen LogP contribution in [0.25, 0.3) is 0 Å². The highest BCUT2D eigenvalue weighted by Crippen LogP contribution is 2.34. The number of anilines is 1. The average Bonchev–Trinajstić information content (AvgIpc) is 2.78. The van der Waals surface area contributed by atoms with Crippen molar-refractivity contribution in [1.82, 2.24) is 0 Å². The number of carbonyl (C=O) groups excluding carboxylic acids is 2. The van der Waals surface area contributed by atoms with E-state index < -0.39 is 24.1 Å². The molecule has 0 radical (unpaired) electrons. The van der Waals surface area contributed by atoms with Gasteiger partial charge in [0.25, 0.3) is 11.6 Å². The summed E-state index contributed by atoms with van der Waals surface area (Å²) >= 11 is 0. The lowest BCUT2D eigenvalue weighted by Gasteiger charge is -2.28. The number of hydrogen-bond acceptors (Lipinski definition) is 5. The summed E-state index contributed by atoms with van der Waals surface area (Å²) in [6.45, 7) is 1.54. The van der Waals surface area contributed by atoms with E-state index >= 15 is 0 Å². The fourth-order valence-electron chi connectivity index (χ4n) is 3.35. The van der Waals surface area contributed by atoms with Crippen molar-refractivity contribution in [3.05, 3.63) is 53.7 Å². The molecule has 0 spiro atoms. The number of para-hydroxylation sites is 1. The normalized spacial score (nSPS) is 14.8. The number of benzene rings is 1. The molecule has 0 aliphatic carbocycles. The number of nitrogens with one attached hydrogen (secondary N) is 1. The zero-order valence-corrected chi connectivity index (χ0v) is 17.3. The Bertz CT molecular complexity index is 952. The summed E-state index contributed by atoms with van der Waals surface area (Å²) in [7, 11) is 1.66. The molecule has 3 rings (SSSR count). The molecule has 1 aliphatic rings. The van der Waals surface area contributed by atoms with Gasteiger partial charge in [0.2, 0.25) is 0 Å². The van der Waals surface area contributed by atoms with Gasteiger partial charge >= 0.3 is 12.4 Å². The van der Waals surface area contributed by atoms with E-state index in [0.29, 0.717) is 11.7 Å². The number of aliphatic carboxylic acids is 1. The molecular formula is C21H20F6N2O4. The summed E-state index contributed by atoms with van der Waals surface area (Å²) in [5, 5.41) is 8.78. The first-order valence-electron chi connectivity index (χ1n) is 9.64. The number of pyridine rings is 1. The summed E-state index contributed by atoms with van der Waals surface area (Å²) in [4.78, 5) is 24.9. The van der Waals surface area contributed by atoms with E-state index in [2.05, 4.69) is 16.0 Å². The minimum Gasteiger partial charge on any atom is -0.542 e. The number of carboxylic acids is 1. The van der Waals surface area contributed by atoms with Crippen molar-refractivity contribution in [2.24, 2.45) is 0 Å². The molecule has 1 fully saturated rings. The second-order valence-corrected chi connectivity index (χ2v) is 7.08. The van der Waals surface area contributed by atoms with Gasteiger partial charge in [0, 0.05) is 6.07 Å². The smallest absolute Gasteiger partial charge is 0.455 e. The number of ketones is 1. The van der Waals surface area contributed by atoms with Crippen molar-refractivity contribution in [3.63, 3.8) is 0 Å². The van der Waals surface area contributed by atoms with Crippen LogP contribution in [0.15, 0.2) is 42.6 Å². The molecule has 1 aromatic carbocycles. The highest BCUT2D eigenvalue weighted by Gasteiger charge is 2.40. The Morgan fingerprint density at radius 2 is 1.58 bits per heavy atom. The fraction of sp³-hybridized carbons (Fsp3) is 0.381. The molecule has 1 saturated heterocycles. The maximum absolute atomic E-state index is 12.5. The van der Waals surface area contributed by atoms with E-state index in [1.165, 1.54) is 17.7 Å². The van der Waals surface area contributed by atoms with Gasteiger partial charge in [-0.1, -0.05) is 18.2 Å². The Labute approximate surface area is 184 Å². The quantitative estimate of drug-likeness (QED) is 0.499. The number of hydrogen-bond donors (Lipinski definition) is 0. The second kappa shape index (κ2) is 10.5. The average molecular weight is 478 g/mol. The first kappa shape index (κ1) is 25.9. The van der Waals surface area contributed by atoms with Crippen LogP contribution >= 0.6 is 0 Å². The van der Waals surface area contributed by atoms with Gasteiger partial charge in [-0.25, -0.2) is 4.98 Å². The Morgan fingerprint density at radius 3 is 2.03 bits per heavy atom. The number of carboxylic acid groups (broad SMARTS) is 1. The molecule has 12 heteroatoms. The van der Waals surface area contributed by atoms with E-state index in [1.54, 1.807) is 7.11 Å². The standard InChI is InChI=1S/C19H19F3N2O2.C2HF3O2/c1-26-16-5-3-2-4-15(16)13-8-10-24(11-9-13)17-7-6-14(12-23-17)18(25)19(20,21)22;3-2(4,5)1(6)7/h2-7,12-13H,8-11H2,1H3;(H,6,7). The van der Waals surface area contributed by atoms with Crippen LogP contribution in [-0.2, 0) is 4.79 Å². The lowest BCUT2D eigenvalue weighted by molar-refractivity contribution is -0.364. The number of aromatic nitrogens is 1. The molecule has 33 heavy (non-hydrogen) atoms. The lowest BCUT2D eigenvalue weighted by atomic mass is 9.89. The van der Waals surface area contributed by atoms with Gasteiger partial charge in [-0.15, -0.1) is 0 Å². The second-order valence-electron chi connectivity index (χ2n) is 7.08. The van der Waals surface area contributed by atoms with E-state index in [1.807, 2.05) is 18.2 Å². The number of nitrogens with zero attached hydrogens (tertiary/aromatic N) is 1. The Morgan fingerprint density at radius 1 is 1.00 bits per heavy atom. The predicted molar refractivity (Wildman–Crippen MR) is 102 cm³/mol. The van der Waals surface area contributed by atoms with Crippen LogP contribution in [0.1, 0.15) is 34.7 Å². The molecule has 0 amide bonds. The van der Waals surface area contributed by atoms with Gasteiger partial charge in [-0.05, 0) is 36.5 Å². The highest BCUT2D eigenvalue weighted by atomic mass is 19.4. The van der Waals surface area contributed by atoms with Crippen LogP contribution in [-0.4, -0.2) is 44.3 Å². The highest BCUT2D eigenvalue weighted by molar-refractivity contribution is 5.99. The molecule has 2 aromatic rings. The zero-order chi connectivity index (χ0) is 24.8. The summed E-state index contributed by atoms with van der Waals surface area (Å²) in [6.07, 6.45) is -7.10. The number of alkyl halides is 6. The summed E-state index contributed by atoms with van der Waals surface area (Å²) < 4.78 is 74.4. The summed E-state index contributed by atoms with van der Waals surface area (Å²) in [6, 6.07) is 10.7.